The first-order valence-corrected chi connectivity index (χ1v) is 3.96. The van der Waals surface area contributed by atoms with Crippen molar-refractivity contribution in [2.45, 2.75) is 26.3 Å². The molecular weight excluding hydrogens is 174 g/mol. The van der Waals surface area contributed by atoms with Crippen LogP contribution < -0.4 is 0 Å². The van der Waals surface area contributed by atoms with E-state index in [-0.39, 0.29) is 12.5 Å². The summed E-state index contributed by atoms with van der Waals surface area (Å²) in [6.45, 7) is 4.78. The van der Waals surface area contributed by atoms with Crippen molar-refractivity contribution in [2.75, 3.05) is 6.61 Å². The third kappa shape index (κ3) is 1.54. The van der Waals surface area contributed by atoms with Crippen molar-refractivity contribution < 1.29 is 19.1 Å². The van der Waals surface area contributed by atoms with Crippen LogP contribution in [0.25, 0.3) is 0 Å². The molecular formula is C8H11NO4. The number of ether oxygens (including phenoxy) is 2. The van der Waals surface area contributed by atoms with Gasteiger partial charge >= 0.3 is 11.9 Å². The Bertz CT molecular complexity index is 284. The average molecular weight is 185 g/mol. The molecule has 1 aliphatic heterocycles. The molecule has 0 aliphatic carbocycles. The van der Waals surface area contributed by atoms with Crippen LogP contribution in [0, 0.1) is 0 Å². The predicted molar refractivity (Wildman–Crippen MR) is 44.2 cm³/mol. The van der Waals surface area contributed by atoms with Crippen LogP contribution in [0.3, 0.4) is 0 Å². The number of aliphatic imine (C=N–C) groups is 1. The number of carbonyl (C=O) groups is 2. The highest BCUT2D eigenvalue weighted by Gasteiger charge is 2.48. The highest BCUT2D eigenvalue weighted by molar-refractivity contribution is 6.12. The van der Waals surface area contributed by atoms with Gasteiger partial charge < -0.3 is 9.47 Å². The second kappa shape index (κ2) is 3.16. The fraction of sp³-hybridized carbons (Fsp3) is 0.625. The summed E-state index contributed by atoms with van der Waals surface area (Å²) in [5, 5.41) is 0. The summed E-state index contributed by atoms with van der Waals surface area (Å²) in [4.78, 5) is 26.3. The molecule has 0 spiro atoms. The lowest BCUT2D eigenvalue weighted by Crippen LogP contribution is -2.40. The summed E-state index contributed by atoms with van der Waals surface area (Å²) in [7, 11) is 0. The normalized spacial score (nSPS) is 26.7. The van der Waals surface area contributed by atoms with Crippen molar-refractivity contribution in [1.82, 2.24) is 0 Å². The summed E-state index contributed by atoms with van der Waals surface area (Å²) >= 11 is 0. The largest absolute Gasteiger partial charge is 0.464 e. The van der Waals surface area contributed by atoms with E-state index in [9.17, 15) is 9.59 Å². The lowest BCUT2D eigenvalue weighted by atomic mass is 10.1. The molecule has 5 nitrogen and oxygen atoms in total. The van der Waals surface area contributed by atoms with Gasteiger partial charge in [-0.2, -0.15) is 0 Å². The van der Waals surface area contributed by atoms with Gasteiger partial charge in [0.05, 0.1) is 6.61 Å². The Hall–Kier alpha value is -1.39. The van der Waals surface area contributed by atoms with Crippen molar-refractivity contribution in [3.63, 3.8) is 0 Å². The van der Waals surface area contributed by atoms with Crippen LogP contribution in [0.2, 0.25) is 0 Å². The first-order valence-electron chi connectivity index (χ1n) is 3.96. The van der Waals surface area contributed by atoms with E-state index in [4.69, 9.17) is 4.74 Å². The van der Waals surface area contributed by atoms with E-state index in [1.807, 2.05) is 0 Å². The molecule has 0 aromatic heterocycles. The molecule has 1 atom stereocenters. The second-order valence-electron chi connectivity index (χ2n) is 2.81. The van der Waals surface area contributed by atoms with Crippen molar-refractivity contribution in [3.8, 4) is 0 Å². The highest BCUT2D eigenvalue weighted by Crippen LogP contribution is 2.21. The van der Waals surface area contributed by atoms with Crippen molar-refractivity contribution in [1.29, 1.82) is 0 Å². The molecule has 0 saturated carbocycles. The molecule has 1 aliphatic rings. The van der Waals surface area contributed by atoms with Crippen molar-refractivity contribution in [3.05, 3.63) is 0 Å². The Balaban J connectivity index is 2.87. The van der Waals surface area contributed by atoms with E-state index in [0.29, 0.717) is 0 Å². The maximum atomic E-state index is 11.3. The van der Waals surface area contributed by atoms with Crippen molar-refractivity contribution >= 4 is 17.8 Å². The topological polar surface area (TPSA) is 65.0 Å². The highest BCUT2D eigenvalue weighted by atomic mass is 16.6. The molecule has 5 heteroatoms. The minimum Gasteiger partial charge on any atom is -0.464 e. The molecule has 0 aromatic carbocycles. The predicted octanol–water partition coefficient (Wildman–Crippen LogP) is 0.283. The van der Waals surface area contributed by atoms with E-state index < -0.39 is 17.5 Å². The third-order valence-electron chi connectivity index (χ3n) is 1.69. The quantitative estimate of drug-likeness (QED) is 0.458. The van der Waals surface area contributed by atoms with Crippen LogP contribution in [0.5, 0.6) is 0 Å². The molecule has 0 saturated heterocycles. The van der Waals surface area contributed by atoms with Gasteiger partial charge in [0, 0.05) is 6.92 Å². The van der Waals surface area contributed by atoms with Gasteiger partial charge in [-0.05, 0) is 13.8 Å². The maximum Gasteiger partial charge on any atom is 0.352 e. The fourth-order valence-corrected chi connectivity index (χ4v) is 1.02. The lowest BCUT2D eigenvalue weighted by Gasteiger charge is -2.13. The van der Waals surface area contributed by atoms with Gasteiger partial charge in [-0.1, -0.05) is 0 Å². The van der Waals surface area contributed by atoms with Gasteiger partial charge in [0.1, 0.15) is 0 Å². The van der Waals surface area contributed by atoms with Gasteiger partial charge in [0.2, 0.25) is 0 Å². The third-order valence-corrected chi connectivity index (χ3v) is 1.69. The van der Waals surface area contributed by atoms with Gasteiger partial charge in [0.15, 0.2) is 5.90 Å². The number of cyclic esters (lactones) is 1. The van der Waals surface area contributed by atoms with E-state index in [0.717, 1.165) is 0 Å². The summed E-state index contributed by atoms with van der Waals surface area (Å²) in [5.74, 6) is -1.15. The number of hydrogen-bond donors (Lipinski definition) is 0. The summed E-state index contributed by atoms with van der Waals surface area (Å²) in [6.07, 6.45) is 0. The molecule has 1 rings (SSSR count). The Morgan fingerprint density at radius 1 is 1.69 bits per heavy atom. The van der Waals surface area contributed by atoms with Crippen LogP contribution in [-0.2, 0) is 19.1 Å². The standard InChI is InChI=1S/C8H11NO4/c1-4-12-6(10)8(3)7(11)13-5(2)9-8/h4H2,1-3H3. The molecule has 0 amide bonds. The van der Waals surface area contributed by atoms with Gasteiger partial charge in [-0.3, -0.25) is 0 Å². The fourth-order valence-electron chi connectivity index (χ4n) is 1.02. The van der Waals surface area contributed by atoms with Gasteiger partial charge in [-0.25, -0.2) is 14.6 Å². The zero-order valence-electron chi connectivity index (χ0n) is 7.79. The number of nitrogens with zero attached hydrogens (tertiary/aromatic N) is 1. The molecule has 0 N–H and O–H groups in total. The molecule has 13 heavy (non-hydrogen) atoms. The zero-order chi connectivity index (χ0) is 10.1. The average Bonchev–Trinajstić information content (AvgIpc) is 2.28. The van der Waals surface area contributed by atoms with Gasteiger partial charge in [-0.15, -0.1) is 0 Å². The zero-order valence-corrected chi connectivity index (χ0v) is 7.79. The Morgan fingerprint density at radius 2 is 2.31 bits per heavy atom. The summed E-state index contributed by atoms with van der Waals surface area (Å²) in [5.41, 5.74) is -1.50. The minimum atomic E-state index is -1.50. The summed E-state index contributed by atoms with van der Waals surface area (Å²) < 4.78 is 9.36. The van der Waals surface area contributed by atoms with Crippen molar-refractivity contribution in [2.24, 2.45) is 4.99 Å². The monoisotopic (exact) mass is 185 g/mol. The van der Waals surface area contributed by atoms with Crippen LogP contribution in [0.4, 0.5) is 0 Å². The molecule has 72 valence electrons. The number of esters is 2. The lowest BCUT2D eigenvalue weighted by molar-refractivity contribution is -0.156. The number of rotatable bonds is 2. The molecule has 0 radical (unpaired) electrons. The van der Waals surface area contributed by atoms with Crippen LogP contribution in [0.1, 0.15) is 20.8 Å². The Morgan fingerprint density at radius 3 is 2.69 bits per heavy atom. The first kappa shape index (κ1) is 9.70. The Kier molecular flexibility index (Phi) is 2.36. The van der Waals surface area contributed by atoms with Crippen LogP contribution in [0.15, 0.2) is 4.99 Å². The van der Waals surface area contributed by atoms with E-state index >= 15 is 0 Å². The first-order chi connectivity index (χ1) is 6.00. The summed E-state index contributed by atoms with van der Waals surface area (Å²) in [6, 6.07) is 0. The van der Waals surface area contributed by atoms with E-state index in [2.05, 4.69) is 9.73 Å². The molecule has 0 aromatic rings. The van der Waals surface area contributed by atoms with E-state index in [1.54, 1.807) is 6.92 Å². The number of hydrogen-bond acceptors (Lipinski definition) is 5. The smallest absolute Gasteiger partial charge is 0.352 e. The van der Waals surface area contributed by atoms with Crippen LogP contribution >= 0.6 is 0 Å². The Labute approximate surface area is 75.7 Å². The number of carbonyl (C=O) groups excluding carboxylic acids is 2. The SMILES string of the molecule is CCOC(=O)C1(C)N=C(C)OC1=O. The minimum absolute atomic E-state index is 0.195. The van der Waals surface area contributed by atoms with Gasteiger partial charge in [0.25, 0.3) is 5.54 Å². The van der Waals surface area contributed by atoms with Crippen LogP contribution in [-0.4, -0.2) is 30.0 Å². The molecule has 1 heterocycles. The molecule has 0 fully saturated rings. The maximum absolute atomic E-state index is 11.3. The molecule has 0 bridgehead atoms. The van der Waals surface area contributed by atoms with E-state index in [1.165, 1.54) is 13.8 Å². The second-order valence-corrected chi connectivity index (χ2v) is 2.81. The molecule has 1 unspecified atom stereocenters.